The Balaban J connectivity index is 1.98. The van der Waals surface area contributed by atoms with Gasteiger partial charge in [-0.15, -0.1) is 0 Å². The van der Waals surface area contributed by atoms with Gasteiger partial charge >= 0.3 is 0 Å². The summed E-state index contributed by atoms with van der Waals surface area (Å²) in [7, 11) is 1.80. The standard InChI is InChI=1S/C17H34N2O2/c1-4-18-12-17(8-5-10-21-14-17)13-19(9-11-20-3)15(2)16-6-7-16/h15-16,18H,4-14H2,1-3H3. The normalized spacial score (nSPS) is 28.0. The van der Waals surface area contributed by atoms with Gasteiger partial charge in [0.25, 0.3) is 0 Å². The molecule has 0 bridgehead atoms. The van der Waals surface area contributed by atoms with Crippen molar-refractivity contribution in [2.24, 2.45) is 11.3 Å². The van der Waals surface area contributed by atoms with E-state index in [1.165, 1.54) is 25.7 Å². The van der Waals surface area contributed by atoms with E-state index >= 15 is 0 Å². The van der Waals surface area contributed by atoms with Gasteiger partial charge in [-0.1, -0.05) is 6.92 Å². The molecule has 2 unspecified atom stereocenters. The van der Waals surface area contributed by atoms with Crippen LogP contribution in [0.2, 0.25) is 0 Å². The monoisotopic (exact) mass is 298 g/mol. The molecule has 1 saturated carbocycles. The van der Waals surface area contributed by atoms with Crippen LogP contribution in [0.3, 0.4) is 0 Å². The zero-order chi connectivity index (χ0) is 15.1. The number of hydrogen-bond donors (Lipinski definition) is 1. The molecule has 0 amide bonds. The smallest absolute Gasteiger partial charge is 0.0589 e. The Bertz CT molecular complexity index is 289. The quantitative estimate of drug-likeness (QED) is 0.670. The molecular formula is C17H34N2O2. The van der Waals surface area contributed by atoms with Crippen LogP contribution in [-0.4, -0.2) is 64.1 Å². The van der Waals surface area contributed by atoms with Gasteiger partial charge in [-0.05, 0) is 45.1 Å². The Hall–Kier alpha value is -0.160. The molecule has 0 aromatic rings. The first-order valence-corrected chi connectivity index (χ1v) is 8.72. The lowest BCUT2D eigenvalue weighted by Gasteiger charge is -2.43. The highest BCUT2D eigenvalue weighted by Crippen LogP contribution is 2.37. The Morgan fingerprint density at radius 1 is 1.43 bits per heavy atom. The van der Waals surface area contributed by atoms with E-state index in [0.717, 1.165) is 51.9 Å². The van der Waals surface area contributed by atoms with Crippen molar-refractivity contribution in [3.8, 4) is 0 Å². The summed E-state index contributed by atoms with van der Waals surface area (Å²) in [5, 5.41) is 3.57. The highest BCUT2D eigenvalue weighted by molar-refractivity contribution is 4.92. The maximum Gasteiger partial charge on any atom is 0.0589 e. The van der Waals surface area contributed by atoms with Crippen molar-refractivity contribution in [3.63, 3.8) is 0 Å². The van der Waals surface area contributed by atoms with Gasteiger partial charge < -0.3 is 14.8 Å². The largest absolute Gasteiger partial charge is 0.383 e. The summed E-state index contributed by atoms with van der Waals surface area (Å²) in [6, 6.07) is 0.681. The van der Waals surface area contributed by atoms with Crippen molar-refractivity contribution in [1.82, 2.24) is 10.2 Å². The van der Waals surface area contributed by atoms with E-state index in [-0.39, 0.29) is 5.41 Å². The third-order valence-corrected chi connectivity index (χ3v) is 5.16. The minimum atomic E-state index is 0.283. The summed E-state index contributed by atoms with van der Waals surface area (Å²) in [5.41, 5.74) is 0.283. The molecule has 124 valence electrons. The Morgan fingerprint density at radius 2 is 2.24 bits per heavy atom. The molecule has 1 aliphatic carbocycles. The van der Waals surface area contributed by atoms with Crippen LogP contribution in [0.5, 0.6) is 0 Å². The number of ether oxygens (including phenoxy) is 2. The van der Waals surface area contributed by atoms with E-state index in [1.807, 2.05) is 0 Å². The summed E-state index contributed by atoms with van der Waals surface area (Å²) in [6.45, 7) is 11.6. The van der Waals surface area contributed by atoms with Gasteiger partial charge in [-0.3, -0.25) is 4.90 Å². The van der Waals surface area contributed by atoms with Crippen molar-refractivity contribution in [2.75, 3.05) is 53.1 Å². The van der Waals surface area contributed by atoms with E-state index in [4.69, 9.17) is 9.47 Å². The SMILES string of the molecule is CCNCC1(CN(CCOC)C(C)C2CC2)CCCOC1. The Kier molecular flexibility index (Phi) is 6.93. The lowest BCUT2D eigenvalue weighted by atomic mass is 9.81. The summed E-state index contributed by atoms with van der Waals surface area (Å²) in [4.78, 5) is 2.66. The molecule has 1 saturated heterocycles. The third kappa shape index (κ3) is 5.20. The molecule has 2 aliphatic rings. The molecule has 2 rings (SSSR count). The van der Waals surface area contributed by atoms with Gasteiger partial charge in [-0.2, -0.15) is 0 Å². The van der Waals surface area contributed by atoms with E-state index < -0.39 is 0 Å². The molecule has 0 aromatic heterocycles. The third-order valence-electron chi connectivity index (χ3n) is 5.16. The average Bonchev–Trinajstić information content (AvgIpc) is 3.34. The topological polar surface area (TPSA) is 33.7 Å². The zero-order valence-corrected chi connectivity index (χ0v) is 14.2. The maximum atomic E-state index is 5.85. The molecule has 21 heavy (non-hydrogen) atoms. The second-order valence-electron chi connectivity index (χ2n) is 6.98. The molecule has 1 N–H and O–H groups in total. The van der Waals surface area contributed by atoms with Crippen LogP contribution in [-0.2, 0) is 9.47 Å². The summed E-state index contributed by atoms with van der Waals surface area (Å²) < 4.78 is 11.2. The fourth-order valence-electron chi connectivity index (χ4n) is 3.56. The van der Waals surface area contributed by atoms with Crippen molar-refractivity contribution < 1.29 is 9.47 Å². The molecular weight excluding hydrogens is 264 g/mol. The summed E-state index contributed by atoms with van der Waals surface area (Å²) >= 11 is 0. The van der Waals surface area contributed by atoms with E-state index in [0.29, 0.717) is 6.04 Å². The average molecular weight is 298 g/mol. The fourth-order valence-corrected chi connectivity index (χ4v) is 3.56. The first-order chi connectivity index (χ1) is 10.2. The summed E-state index contributed by atoms with van der Waals surface area (Å²) in [6.07, 6.45) is 5.28. The van der Waals surface area contributed by atoms with Gasteiger partial charge in [-0.25, -0.2) is 0 Å². The second-order valence-corrected chi connectivity index (χ2v) is 6.98. The molecule has 4 heteroatoms. The summed E-state index contributed by atoms with van der Waals surface area (Å²) in [5.74, 6) is 0.905. The van der Waals surface area contributed by atoms with Crippen LogP contribution < -0.4 is 5.32 Å². The van der Waals surface area contributed by atoms with Crippen LogP contribution >= 0.6 is 0 Å². The molecule has 2 atom stereocenters. The van der Waals surface area contributed by atoms with Gasteiger partial charge in [0, 0.05) is 44.8 Å². The van der Waals surface area contributed by atoms with Crippen LogP contribution in [0.1, 0.15) is 39.5 Å². The zero-order valence-electron chi connectivity index (χ0n) is 14.2. The first kappa shape index (κ1) is 17.2. The second kappa shape index (κ2) is 8.47. The lowest BCUT2D eigenvalue weighted by Crippen LogP contribution is -2.52. The molecule has 0 radical (unpaired) electrons. The van der Waals surface area contributed by atoms with Crippen LogP contribution in [0.15, 0.2) is 0 Å². The minimum Gasteiger partial charge on any atom is -0.383 e. The van der Waals surface area contributed by atoms with E-state index in [2.05, 4.69) is 24.1 Å². The van der Waals surface area contributed by atoms with Crippen molar-refractivity contribution in [3.05, 3.63) is 0 Å². The predicted molar refractivity (Wildman–Crippen MR) is 86.7 cm³/mol. The Labute approximate surface area is 130 Å². The highest BCUT2D eigenvalue weighted by Gasteiger charge is 2.38. The van der Waals surface area contributed by atoms with E-state index in [9.17, 15) is 0 Å². The van der Waals surface area contributed by atoms with Gasteiger partial charge in [0.1, 0.15) is 0 Å². The van der Waals surface area contributed by atoms with Crippen LogP contribution in [0.25, 0.3) is 0 Å². The number of nitrogens with one attached hydrogen (secondary N) is 1. The number of nitrogens with zero attached hydrogens (tertiary/aromatic N) is 1. The molecule has 0 aromatic carbocycles. The number of rotatable bonds is 10. The van der Waals surface area contributed by atoms with Gasteiger partial charge in [0.15, 0.2) is 0 Å². The minimum absolute atomic E-state index is 0.283. The lowest BCUT2D eigenvalue weighted by molar-refractivity contribution is -0.0365. The van der Waals surface area contributed by atoms with E-state index in [1.54, 1.807) is 7.11 Å². The first-order valence-electron chi connectivity index (χ1n) is 8.72. The van der Waals surface area contributed by atoms with Crippen molar-refractivity contribution >= 4 is 0 Å². The molecule has 2 fully saturated rings. The van der Waals surface area contributed by atoms with Crippen molar-refractivity contribution in [1.29, 1.82) is 0 Å². The predicted octanol–water partition coefficient (Wildman–Crippen LogP) is 2.14. The van der Waals surface area contributed by atoms with Crippen molar-refractivity contribution in [2.45, 2.75) is 45.6 Å². The molecule has 1 aliphatic heterocycles. The van der Waals surface area contributed by atoms with Gasteiger partial charge in [0.05, 0.1) is 13.2 Å². The molecule has 0 spiro atoms. The van der Waals surface area contributed by atoms with Crippen LogP contribution in [0, 0.1) is 11.3 Å². The highest BCUT2D eigenvalue weighted by atomic mass is 16.5. The Morgan fingerprint density at radius 3 is 2.81 bits per heavy atom. The number of methoxy groups -OCH3 is 1. The molecule has 1 heterocycles. The van der Waals surface area contributed by atoms with Gasteiger partial charge in [0.2, 0.25) is 0 Å². The number of hydrogen-bond acceptors (Lipinski definition) is 4. The maximum absolute atomic E-state index is 5.85. The van der Waals surface area contributed by atoms with Crippen LogP contribution in [0.4, 0.5) is 0 Å². The molecule has 4 nitrogen and oxygen atoms in total. The fraction of sp³-hybridized carbons (Fsp3) is 1.00.